The van der Waals surface area contributed by atoms with E-state index in [9.17, 15) is 13.2 Å². The third kappa shape index (κ3) is 1.78. The molecule has 1 aliphatic rings. The molecule has 1 aromatic rings. The number of hydrogen-bond donors (Lipinski definition) is 1. The predicted molar refractivity (Wildman–Crippen MR) is 48.4 cm³/mol. The first-order valence-electron chi connectivity index (χ1n) is 4.29. The number of nitrogens with zero attached hydrogens (tertiary/aromatic N) is 2. The van der Waals surface area contributed by atoms with Crippen molar-refractivity contribution in [2.75, 3.05) is 6.54 Å². The Kier molecular flexibility index (Phi) is 2.15. The molecule has 0 saturated heterocycles. The van der Waals surface area contributed by atoms with Gasteiger partial charge < -0.3 is 5.32 Å². The lowest BCUT2D eigenvalue weighted by Gasteiger charge is -2.33. The molecule has 2 heterocycles. The van der Waals surface area contributed by atoms with Crippen molar-refractivity contribution in [3.63, 3.8) is 0 Å². The summed E-state index contributed by atoms with van der Waals surface area (Å²) in [5.41, 5.74) is -0.831. The summed E-state index contributed by atoms with van der Waals surface area (Å²) < 4.78 is 38.2. The van der Waals surface area contributed by atoms with Crippen LogP contribution < -0.4 is 5.32 Å². The lowest BCUT2D eigenvalue weighted by molar-refractivity contribution is -0.141. The van der Waals surface area contributed by atoms with Crippen LogP contribution in [0.4, 0.5) is 13.2 Å². The van der Waals surface area contributed by atoms with E-state index in [-0.39, 0.29) is 5.69 Å². The van der Waals surface area contributed by atoms with Gasteiger partial charge in [0.1, 0.15) is 0 Å². The van der Waals surface area contributed by atoms with Crippen LogP contribution in [0.25, 0.3) is 0 Å². The monoisotopic (exact) mass is 211 g/mol. The van der Waals surface area contributed by atoms with E-state index < -0.39 is 17.2 Å². The lowest BCUT2D eigenvalue weighted by atomic mass is 9.59. The van der Waals surface area contributed by atoms with Crippen molar-refractivity contribution in [2.45, 2.75) is 18.1 Å². The summed E-state index contributed by atoms with van der Waals surface area (Å²) in [6, 6.07) is 0.867. The summed E-state index contributed by atoms with van der Waals surface area (Å²) in [6.07, 6.45) is -4.47. The number of rotatable bonds is 0. The van der Waals surface area contributed by atoms with Gasteiger partial charge >= 0.3 is 6.18 Å². The number of nitrogens with one attached hydrogen (secondary N) is 1. The Bertz CT molecular complexity index is 385. The van der Waals surface area contributed by atoms with Crippen molar-refractivity contribution in [3.05, 3.63) is 17.5 Å². The first-order valence-corrected chi connectivity index (χ1v) is 4.29. The van der Waals surface area contributed by atoms with E-state index in [1.165, 1.54) is 4.68 Å². The van der Waals surface area contributed by atoms with Crippen molar-refractivity contribution in [1.82, 2.24) is 15.1 Å². The SMILES string of the molecule is [B]C1([B])NCCn2nc(C(F)(F)F)cc21. The highest BCUT2D eigenvalue weighted by Crippen LogP contribution is 2.31. The zero-order chi connectivity index (χ0) is 11.3. The van der Waals surface area contributed by atoms with E-state index in [1.54, 1.807) is 0 Å². The summed E-state index contributed by atoms with van der Waals surface area (Å²) in [5.74, 6) is 0. The molecular formula is C7H6B2F3N3. The maximum atomic E-state index is 12.3. The average molecular weight is 211 g/mol. The van der Waals surface area contributed by atoms with Crippen LogP contribution in [0.5, 0.6) is 0 Å². The minimum Gasteiger partial charge on any atom is -0.321 e. The van der Waals surface area contributed by atoms with Crippen LogP contribution in [0.2, 0.25) is 0 Å². The number of fused-ring (bicyclic) bond motifs is 1. The van der Waals surface area contributed by atoms with Crippen molar-refractivity contribution in [1.29, 1.82) is 0 Å². The Hall–Kier alpha value is -0.910. The van der Waals surface area contributed by atoms with Gasteiger partial charge in [0.05, 0.1) is 22.2 Å². The number of hydrogen-bond acceptors (Lipinski definition) is 2. The molecule has 8 heteroatoms. The third-order valence-electron chi connectivity index (χ3n) is 2.24. The van der Waals surface area contributed by atoms with Crippen LogP contribution in [-0.2, 0) is 18.1 Å². The molecule has 4 radical (unpaired) electrons. The fourth-order valence-electron chi connectivity index (χ4n) is 1.52. The Morgan fingerprint density at radius 2 is 2.13 bits per heavy atom. The van der Waals surface area contributed by atoms with Gasteiger partial charge in [-0.15, -0.1) is 0 Å². The summed E-state index contributed by atoms with van der Waals surface area (Å²) in [6.45, 7) is 0.709. The van der Waals surface area contributed by atoms with Gasteiger partial charge in [0.15, 0.2) is 5.69 Å². The Balaban J connectivity index is 2.47. The predicted octanol–water partition coefficient (Wildman–Crippen LogP) is -0.0476. The highest BCUT2D eigenvalue weighted by Gasteiger charge is 2.37. The molecule has 0 aromatic carbocycles. The standard InChI is InChI=1S/C7H6B2F3N3/c8-6(9)5-3-4(7(10,11)12)14-15(5)2-1-13-6/h3,13H,1-2H2. The van der Waals surface area contributed by atoms with E-state index in [2.05, 4.69) is 10.4 Å². The normalized spacial score (nSPS) is 19.9. The fraction of sp³-hybridized carbons (Fsp3) is 0.571. The minimum atomic E-state index is -4.47. The summed E-state index contributed by atoms with van der Waals surface area (Å²) in [4.78, 5) is 0. The van der Waals surface area contributed by atoms with Gasteiger partial charge in [-0.3, -0.25) is 4.68 Å². The van der Waals surface area contributed by atoms with Crippen LogP contribution in [0, 0.1) is 0 Å². The molecule has 0 atom stereocenters. The maximum Gasteiger partial charge on any atom is 0.435 e. The molecule has 3 nitrogen and oxygen atoms in total. The molecule has 0 spiro atoms. The second-order valence-corrected chi connectivity index (χ2v) is 3.43. The van der Waals surface area contributed by atoms with Gasteiger partial charge in [0.2, 0.25) is 0 Å². The maximum absolute atomic E-state index is 12.3. The summed E-state index contributed by atoms with van der Waals surface area (Å²) >= 11 is 0. The molecule has 1 N–H and O–H groups in total. The molecule has 76 valence electrons. The first-order chi connectivity index (χ1) is 6.81. The molecule has 0 saturated carbocycles. The van der Waals surface area contributed by atoms with Gasteiger partial charge in [-0.05, 0) is 11.4 Å². The first kappa shape index (κ1) is 10.6. The van der Waals surface area contributed by atoms with Crippen LogP contribution >= 0.6 is 0 Å². The molecule has 0 fully saturated rings. The van der Waals surface area contributed by atoms with Gasteiger partial charge in [0, 0.05) is 12.2 Å². The molecule has 15 heavy (non-hydrogen) atoms. The number of alkyl halides is 3. The zero-order valence-corrected chi connectivity index (χ0v) is 7.67. The van der Waals surface area contributed by atoms with Crippen LogP contribution in [-0.4, -0.2) is 32.0 Å². The largest absolute Gasteiger partial charge is 0.435 e. The van der Waals surface area contributed by atoms with Crippen LogP contribution in [0.1, 0.15) is 11.4 Å². The van der Waals surface area contributed by atoms with Gasteiger partial charge in [0.25, 0.3) is 0 Å². The van der Waals surface area contributed by atoms with E-state index in [1.807, 2.05) is 0 Å². The van der Waals surface area contributed by atoms with Crippen molar-refractivity contribution in [2.24, 2.45) is 0 Å². The second-order valence-electron chi connectivity index (χ2n) is 3.43. The molecule has 2 rings (SSSR count). The van der Waals surface area contributed by atoms with Gasteiger partial charge in [-0.25, -0.2) is 0 Å². The molecule has 0 unspecified atom stereocenters. The van der Waals surface area contributed by atoms with Crippen LogP contribution in [0.3, 0.4) is 0 Å². The van der Waals surface area contributed by atoms with Gasteiger partial charge in [-0.2, -0.15) is 18.3 Å². The van der Waals surface area contributed by atoms with Crippen molar-refractivity contribution in [3.8, 4) is 0 Å². The number of aromatic nitrogens is 2. The topological polar surface area (TPSA) is 29.9 Å². The smallest absolute Gasteiger partial charge is 0.321 e. The van der Waals surface area contributed by atoms with E-state index in [0.717, 1.165) is 6.07 Å². The number of halogens is 3. The van der Waals surface area contributed by atoms with Crippen LogP contribution in [0.15, 0.2) is 6.07 Å². The quantitative estimate of drug-likeness (QED) is 0.609. The Labute approximate surface area is 86.8 Å². The van der Waals surface area contributed by atoms with E-state index in [4.69, 9.17) is 15.7 Å². The lowest BCUT2D eigenvalue weighted by Crippen LogP contribution is -2.50. The van der Waals surface area contributed by atoms with Crippen molar-refractivity contribution < 1.29 is 13.2 Å². The average Bonchev–Trinajstić information content (AvgIpc) is 2.47. The molecule has 1 aliphatic heterocycles. The minimum absolute atomic E-state index is 0.140. The molecule has 1 aromatic heterocycles. The third-order valence-corrected chi connectivity index (χ3v) is 2.24. The Morgan fingerprint density at radius 1 is 1.47 bits per heavy atom. The van der Waals surface area contributed by atoms with Gasteiger partial charge in [-0.1, -0.05) is 0 Å². The summed E-state index contributed by atoms with van der Waals surface area (Å²) in [5, 5.41) is 4.67. The van der Waals surface area contributed by atoms with Crippen molar-refractivity contribution >= 4 is 15.7 Å². The molecular weight excluding hydrogens is 205 g/mol. The summed E-state index contributed by atoms with van der Waals surface area (Å²) in [7, 11) is 11.2. The molecule has 0 bridgehead atoms. The second kappa shape index (κ2) is 3.04. The molecule has 0 amide bonds. The Morgan fingerprint density at radius 3 is 2.67 bits per heavy atom. The van der Waals surface area contributed by atoms with E-state index in [0.29, 0.717) is 13.1 Å². The molecule has 0 aliphatic carbocycles. The van der Waals surface area contributed by atoms with E-state index >= 15 is 0 Å². The zero-order valence-electron chi connectivity index (χ0n) is 7.67. The highest BCUT2D eigenvalue weighted by atomic mass is 19.4. The fourth-order valence-corrected chi connectivity index (χ4v) is 1.52. The highest BCUT2D eigenvalue weighted by molar-refractivity contribution is 6.39.